The first-order valence-corrected chi connectivity index (χ1v) is 5.59. The summed E-state index contributed by atoms with van der Waals surface area (Å²) < 4.78 is 10.5. The number of nitriles is 1. The van der Waals surface area contributed by atoms with E-state index in [9.17, 15) is 4.79 Å². The minimum Gasteiger partial charge on any atom is -0.479 e. The molecule has 15 heavy (non-hydrogen) atoms. The molecule has 0 atom stereocenters. The van der Waals surface area contributed by atoms with E-state index in [0.717, 1.165) is 9.35 Å². The summed E-state index contributed by atoms with van der Waals surface area (Å²) in [5.41, 5.74) is 0.820. The summed E-state index contributed by atoms with van der Waals surface area (Å²) in [4.78, 5) is 11.3. The van der Waals surface area contributed by atoms with Gasteiger partial charge in [0.15, 0.2) is 12.4 Å². The maximum atomic E-state index is 10.9. The van der Waals surface area contributed by atoms with Crippen LogP contribution in [0.5, 0.6) is 5.75 Å². The first kappa shape index (κ1) is 12.0. The third-order valence-electron chi connectivity index (χ3n) is 1.70. The third-order valence-corrected chi connectivity index (χ3v) is 3.74. The molecule has 0 fully saturated rings. The van der Waals surface area contributed by atoms with Crippen molar-refractivity contribution in [3.05, 3.63) is 14.2 Å². The molecular formula is C9H8BrNO3S. The average molecular weight is 290 g/mol. The minimum atomic E-state index is -0.472. The predicted octanol–water partition coefficient (Wildman–Crippen LogP) is 2.24. The second-order valence-corrected chi connectivity index (χ2v) is 4.97. The highest BCUT2D eigenvalue weighted by molar-refractivity contribution is 9.11. The zero-order valence-corrected chi connectivity index (χ0v) is 10.6. The number of carbonyl (C=O) groups is 1. The quantitative estimate of drug-likeness (QED) is 0.801. The van der Waals surface area contributed by atoms with Gasteiger partial charge in [-0.3, -0.25) is 0 Å². The predicted molar refractivity (Wildman–Crippen MR) is 59.0 cm³/mol. The summed E-state index contributed by atoms with van der Waals surface area (Å²) in [5.74, 6) is -0.0274. The Kier molecular flexibility index (Phi) is 4.12. The van der Waals surface area contributed by atoms with Crippen molar-refractivity contribution >= 4 is 33.2 Å². The lowest BCUT2D eigenvalue weighted by Crippen LogP contribution is -2.13. The lowest BCUT2D eigenvalue weighted by molar-refractivity contribution is -0.142. The first-order chi connectivity index (χ1) is 7.10. The minimum absolute atomic E-state index is 0.185. The molecule has 6 heteroatoms. The van der Waals surface area contributed by atoms with Gasteiger partial charge in [-0.2, -0.15) is 5.26 Å². The Balaban J connectivity index is 2.85. The number of methoxy groups -OCH3 is 1. The highest BCUT2D eigenvalue weighted by atomic mass is 79.9. The summed E-state index contributed by atoms with van der Waals surface area (Å²) in [6.07, 6.45) is 0. The Hall–Kier alpha value is -1.06. The SMILES string of the molecule is COC(=O)COc1c(C#N)sc(Br)c1C. The molecule has 0 bridgehead atoms. The normalized spacial score (nSPS) is 9.47. The fourth-order valence-electron chi connectivity index (χ4n) is 0.909. The molecule has 0 aliphatic rings. The molecule has 0 aromatic carbocycles. The molecule has 4 nitrogen and oxygen atoms in total. The van der Waals surface area contributed by atoms with Gasteiger partial charge >= 0.3 is 5.97 Å². The molecule has 0 radical (unpaired) electrons. The van der Waals surface area contributed by atoms with E-state index in [2.05, 4.69) is 20.7 Å². The Bertz CT molecular complexity index is 422. The molecular weight excluding hydrogens is 282 g/mol. The van der Waals surface area contributed by atoms with E-state index in [-0.39, 0.29) is 6.61 Å². The second kappa shape index (κ2) is 5.14. The molecule has 0 aliphatic carbocycles. The fraction of sp³-hybridized carbons (Fsp3) is 0.333. The number of hydrogen-bond acceptors (Lipinski definition) is 5. The molecule has 1 aromatic rings. The van der Waals surface area contributed by atoms with Crippen molar-refractivity contribution in [2.75, 3.05) is 13.7 Å². The standard InChI is InChI=1S/C9H8BrNO3S/c1-5-8(14-4-7(12)13-2)6(3-11)15-9(5)10/h4H2,1-2H3. The van der Waals surface area contributed by atoms with Crippen molar-refractivity contribution in [3.63, 3.8) is 0 Å². The number of esters is 1. The average Bonchev–Trinajstić information content (AvgIpc) is 2.52. The maximum Gasteiger partial charge on any atom is 0.343 e. The van der Waals surface area contributed by atoms with Gasteiger partial charge in [0.2, 0.25) is 0 Å². The molecule has 0 aliphatic heterocycles. The van der Waals surface area contributed by atoms with Crippen molar-refractivity contribution < 1.29 is 14.3 Å². The van der Waals surface area contributed by atoms with Gasteiger partial charge in [-0.25, -0.2) is 4.79 Å². The molecule has 1 rings (SSSR count). The van der Waals surface area contributed by atoms with Gasteiger partial charge < -0.3 is 9.47 Å². The van der Waals surface area contributed by atoms with Crippen LogP contribution in [0.2, 0.25) is 0 Å². The molecule has 1 aromatic heterocycles. The van der Waals surface area contributed by atoms with E-state index in [0.29, 0.717) is 10.6 Å². The largest absolute Gasteiger partial charge is 0.479 e. The van der Waals surface area contributed by atoms with Gasteiger partial charge in [-0.05, 0) is 22.9 Å². The first-order valence-electron chi connectivity index (χ1n) is 3.98. The lowest BCUT2D eigenvalue weighted by atomic mass is 10.3. The van der Waals surface area contributed by atoms with E-state index in [1.165, 1.54) is 18.4 Å². The monoisotopic (exact) mass is 289 g/mol. The van der Waals surface area contributed by atoms with E-state index >= 15 is 0 Å². The molecule has 0 unspecified atom stereocenters. The highest BCUT2D eigenvalue weighted by Crippen LogP contribution is 2.37. The van der Waals surface area contributed by atoms with Crippen LogP contribution in [0.15, 0.2) is 3.79 Å². The smallest absolute Gasteiger partial charge is 0.343 e. The van der Waals surface area contributed by atoms with E-state index in [4.69, 9.17) is 10.00 Å². The Labute approximate surface area is 99.5 Å². The van der Waals surface area contributed by atoms with Gasteiger partial charge in [0.25, 0.3) is 0 Å². The summed E-state index contributed by atoms with van der Waals surface area (Å²) in [6.45, 7) is 1.63. The molecule has 0 amide bonds. The van der Waals surface area contributed by atoms with Crippen LogP contribution in [-0.2, 0) is 9.53 Å². The van der Waals surface area contributed by atoms with Crippen LogP contribution in [0, 0.1) is 18.3 Å². The van der Waals surface area contributed by atoms with Crippen LogP contribution in [-0.4, -0.2) is 19.7 Å². The van der Waals surface area contributed by atoms with Crippen LogP contribution in [0.3, 0.4) is 0 Å². The van der Waals surface area contributed by atoms with Crippen LogP contribution in [0.1, 0.15) is 10.4 Å². The van der Waals surface area contributed by atoms with Crippen molar-refractivity contribution in [2.45, 2.75) is 6.92 Å². The maximum absolute atomic E-state index is 10.9. The highest BCUT2D eigenvalue weighted by Gasteiger charge is 2.15. The van der Waals surface area contributed by atoms with Gasteiger partial charge in [0, 0.05) is 5.56 Å². The fourth-order valence-corrected chi connectivity index (χ4v) is 2.35. The van der Waals surface area contributed by atoms with E-state index < -0.39 is 5.97 Å². The molecule has 1 heterocycles. The summed E-state index contributed by atoms with van der Waals surface area (Å²) in [7, 11) is 1.29. The number of nitrogens with zero attached hydrogens (tertiary/aromatic N) is 1. The molecule has 0 saturated heterocycles. The van der Waals surface area contributed by atoms with Gasteiger partial charge in [-0.15, -0.1) is 11.3 Å². The van der Waals surface area contributed by atoms with Crippen LogP contribution in [0.25, 0.3) is 0 Å². The third kappa shape index (κ3) is 2.70. The van der Waals surface area contributed by atoms with Gasteiger partial charge in [0.05, 0.1) is 10.9 Å². The number of thiophene rings is 1. The molecule has 80 valence electrons. The van der Waals surface area contributed by atoms with E-state index in [1.54, 1.807) is 0 Å². The van der Waals surface area contributed by atoms with Crippen molar-refractivity contribution in [2.24, 2.45) is 0 Å². The molecule has 0 spiro atoms. The van der Waals surface area contributed by atoms with Gasteiger partial charge in [0.1, 0.15) is 10.9 Å². The Morgan fingerprint density at radius 1 is 1.67 bits per heavy atom. The zero-order chi connectivity index (χ0) is 11.4. The molecule has 0 N–H and O–H groups in total. The van der Waals surface area contributed by atoms with Crippen molar-refractivity contribution in [3.8, 4) is 11.8 Å². The van der Waals surface area contributed by atoms with Crippen LogP contribution < -0.4 is 4.74 Å². The topological polar surface area (TPSA) is 59.3 Å². The summed E-state index contributed by atoms with van der Waals surface area (Å²) >= 11 is 4.58. The second-order valence-electron chi connectivity index (χ2n) is 2.64. The van der Waals surface area contributed by atoms with Crippen LogP contribution >= 0.6 is 27.3 Å². The van der Waals surface area contributed by atoms with Crippen molar-refractivity contribution in [1.29, 1.82) is 5.26 Å². The number of ether oxygens (including phenoxy) is 2. The Morgan fingerprint density at radius 3 is 2.87 bits per heavy atom. The summed E-state index contributed by atoms with van der Waals surface area (Å²) in [5, 5.41) is 8.82. The van der Waals surface area contributed by atoms with E-state index in [1.807, 2.05) is 13.0 Å². The van der Waals surface area contributed by atoms with Crippen LogP contribution in [0.4, 0.5) is 0 Å². The summed E-state index contributed by atoms with van der Waals surface area (Å²) in [6, 6.07) is 2.01. The number of carbonyl (C=O) groups excluding carboxylic acids is 1. The van der Waals surface area contributed by atoms with Gasteiger partial charge in [-0.1, -0.05) is 0 Å². The zero-order valence-electron chi connectivity index (χ0n) is 8.17. The lowest BCUT2D eigenvalue weighted by Gasteiger charge is -2.04. The van der Waals surface area contributed by atoms with Crippen molar-refractivity contribution in [1.82, 2.24) is 0 Å². The number of halogens is 1. The Morgan fingerprint density at radius 2 is 2.33 bits per heavy atom. The molecule has 0 saturated carbocycles. The number of rotatable bonds is 3. The number of hydrogen-bond donors (Lipinski definition) is 0.